The number of thiocarbonyl (C=S) groups is 1. The molecule has 3 nitrogen and oxygen atoms in total. The topological polar surface area (TPSA) is 27.6 Å². The Bertz CT molecular complexity index is 373. The van der Waals surface area contributed by atoms with E-state index in [1.54, 1.807) is 23.4 Å². The molecule has 0 amide bonds. The molecular formula is C11H14FN3S. The molecule has 0 fully saturated rings. The van der Waals surface area contributed by atoms with Gasteiger partial charge in [0.15, 0.2) is 5.11 Å². The van der Waals surface area contributed by atoms with Crippen LogP contribution in [0.3, 0.4) is 0 Å². The number of hydrogen-bond acceptors (Lipinski definition) is 1. The lowest BCUT2D eigenvalue weighted by molar-refractivity contribution is 0.626. The summed E-state index contributed by atoms with van der Waals surface area (Å²) in [7, 11) is 3.73. The number of hydrogen-bond donors (Lipinski definition) is 1. The Morgan fingerprint density at radius 2 is 2.06 bits per heavy atom. The maximum Gasteiger partial charge on any atom is 0.194 e. The Kier molecular flexibility index (Phi) is 4.85. The number of halogens is 1. The van der Waals surface area contributed by atoms with Gasteiger partial charge in [-0.15, -0.1) is 0 Å². The Morgan fingerprint density at radius 1 is 1.44 bits per heavy atom. The van der Waals surface area contributed by atoms with Crippen LogP contribution in [0, 0.1) is 5.82 Å². The second kappa shape index (κ2) is 6.17. The monoisotopic (exact) mass is 239 g/mol. The summed E-state index contributed by atoms with van der Waals surface area (Å²) in [6, 6.07) is 6.26. The van der Waals surface area contributed by atoms with Crippen LogP contribution in [-0.4, -0.2) is 30.4 Å². The Balaban J connectivity index is 2.40. The highest BCUT2D eigenvalue weighted by atomic mass is 32.1. The molecule has 0 aliphatic heterocycles. The van der Waals surface area contributed by atoms with Crippen molar-refractivity contribution in [3.8, 4) is 0 Å². The maximum atomic E-state index is 12.6. The average molecular weight is 239 g/mol. The Morgan fingerprint density at radius 3 is 2.62 bits per heavy atom. The maximum absolute atomic E-state index is 12.6. The van der Waals surface area contributed by atoms with Crippen molar-refractivity contribution in [2.75, 3.05) is 14.1 Å². The number of benzene rings is 1. The van der Waals surface area contributed by atoms with E-state index in [0.29, 0.717) is 11.7 Å². The molecule has 0 bridgehead atoms. The van der Waals surface area contributed by atoms with Crippen molar-refractivity contribution in [1.29, 1.82) is 0 Å². The zero-order valence-electron chi connectivity index (χ0n) is 9.27. The summed E-state index contributed by atoms with van der Waals surface area (Å²) in [5.41, 5.74) is 0.962. The Hall–Kier alpha value is -1.49. The molecule has 0 aliphatic carbocycles. The average Bonchev–Trinajstić information content (AvgIpc) is 2.25. The third-order valence-corrected chi connectivity index (χ3v) is 2.01. The van der Waals surface area contributed by atoms with Gasteiger partial charge in [-0.3, -0.25) is 0 Å². The normalized spacial score (nSPS) is 10.4. The van der Waals surface area contributed by atoms with Crippen LogP contribution in [0.25, 0.3) is 0 Å². The SMILES string of the molecule is CN(C)/C=N\C(=S)NCc1ccc(F)cc1. The highest BCUT2D eigenvalue weighted by Gasteiger charge is 1.95. The van der Waals surface area contributed by atoms with E-state index in [0.717, 1.165) is 5.56 Å². The lowest BCUT2D eigenvalue weighted by Gasteiger charge is -2.05. The highest BCUT2D eigenvalue weighted by Crippen LogP contribution is 2.01. The van der Waals surface area contributed by atoms with Crippen LogP contribution in [0.4, 0.5) is 4.39 Å². The van der Waals surface area contributed by atoms with Crippen LogP contribution in [0.1, 0.15) is 5.56 Å². The van der Waals surface area contributed by atoms with Crippen LogP contribution in [0.5, 0.6) is 0 Å². The molecule has 1 aromatic carbocycles. The fourth-order valence-electron chi connectivity index (χ4n) is 0.993. The molecule has 16 heavy (non-hydrogen) atoms. The van der Waals surface area contributed by atoms with E-state index < -0.39 is 0 Å². The van der Waals surface area contributed by atoms with E-state index in [2.05, 4.69) is 10.3 Å². The molecule has 1 N–H and O–H groups in total. The van der Waals surface area contributed by atoms with Gasteiger partial charge in [0.05, 0.1) is 6.34 Å². The van der Waals surface area contributed by atoms with Gasteiger partial charge in [-0.1, -0.05) is 12.1 Å². The van der Waals surface area contributed by atoms with Crippen molar-refractivity contribution in [2.45, 2.75) is 6.54 Å². The predicted molar refractivity (Wildman–Crippen MR) is 68.0 cm³/mol. The second-order valence-electron chi connectivity index (χ2n) is 3.49. The zero-order chi connectivity index (χ0) is 12.0. The first-order valence-electron chi connectivity index (χ1n) is 4.81. The lowest BCUT2D eigenvalue weighted by Crippen LogP contribution is -2.20. The van der Waals surface area contributed by atoms with Gasteiger partial charge in [-0.2, -0.15) is 0 Å². The van der Waals surface area contributed by atoms with E-state index in [9.17, 15) is 4.39 Å². The van der Waals surface area contributed by atoms with Crippen LogP contribution < -0.4 is 5.32 Å². The molecule has 86 valence electrons. The molecule has 0 spiro atoms. The first-order chi connectivity index (χ1) is 7.58. The predicted octanol–water partition coefficient (Wildman–Crippen LogP) is 1.79. The van der Waals surface area contributed by atoms with Crippen LogP contribution in [0.15, 0.2) is 29.3 Å². The van der Waals surface area contributed by atoms with Crippen molar-refractivity contribution < 1.29 is 4.39 Å². The summed E-state index contributed by atoms with van der Waals surface area (Å²) in [6.07, 6.45) is 1.62. The first-order valence-corrected chi connectivity index (χ1v) is 5.21. The minimum Gasteiger partial charge on any atom is -0.369 e. The third kappa shape index (κ3) is 4.84. The third-order valence-electron chi connectivity index (χ3n) is 1.76. The molecule has 1 aromatic rings. The van der Waals surface area contributed by atoms with Crippen LogP contribution in [-0.2, 0) is 6.54 Å². The van der Waals surface area contributed by atoms with Gasteiger partial charge in [-0.05, 0) is 29.9 Å². The number of nitrogens with one attached hydrogen (secondary N) is 1. The van der Waals surface area contributed by atoms with E-state index in [-0.39, 0.29) is 5.82 Å². The molecule has 0 aromatic heterocycles. The summed E-state index contributed by atoms with van der Waals surface area (Å²) < 4.78 is 12.6. The lowest BCUT2D eigenvalue weighted by atomic mass is 10.2. The smallest absolute Gasteiger partial charge is 0.194 e. The molecule has 5 heteroatoms. The van der Waals surface area contributed by atoms with E-state index in [4.69, 9.17) is 12.2 Å². The molecular weight excluding hydrogens is 225 g/mol. The molecule has 0 saturated heterocycles. The highest BCUT2D eigenvalue weighted by molar-refractivity contribution is 7.80. The van der Waals surface area contributed by atoms with E-state index in [1.807, 2.05) is 14.1 Å². The minimum absolute atomic E-state index is 0.239. The summed E-state index contributed by atoms with van der Waals surface area (Å²) in [6.45, 7) is 0.546. The summed E-state index contributed by atoms with van der Waals surface area (Å²) >= 11 is 4.99. The van der Waals surface area contributed by atoms with Crippen molar-refractivity contribution in [3.63, 3.8) is 0 Å². The number of rotatable bonds is 3. The first kappa shape index (κ1) is 12.6. The quantitative estimate of drug-likeness (QED) is 0.495. The Labute approximate surface area is 100.0 Å². The van der Waals surface area contributed by atoms with Gasteiger partial charge in [0.2, 0.25) is 0 Å². The van der Waals surface area contributed by atoms with Gasteiger partial charge < -0.3 is 10.2 Å². The minimum atomic E-state index is -0.239. The van der Waals surface area contributed by atoms with E-state index in [1.165, 1.54) is 12.1 Å². The molecule has 0 unspecified atom stereocenters. The standard InChI is InChI=1S/C11H14FN3S/c1-15(2)8-14-11(16)13-7-9-3-5-10(12)6-4-9/h3-6,8H,7H2,1-2H3,(H,13,16)/b14-8-. The zero-order valence-corrected chi connectivity index (χ0v) is 10.1. The van der Waals surface area contributed by atoms with Gasteiger partial charge in [0, 0.05) is 20.6 Å². The fraction of sp³-hybridized carbons (Fsp3) is 0.273. The molecule has 0 radical (unpaired) electrons. The van der Waals surface area contributed by atoms with Gasteiger partial charge in [0.1, 0.15) is 5.82 Å². The molecule has 0 heterocycles. The van der Waals surface area contributed by atoms with Gasteiger partial charge in [-0.25, -0.2) is 9.38 Å². The fourth-order valence-corrected chi connectivity index (χ4v) is 1.11. The van der Waals surface area contributed by atoms with Crippen molar-refractivity contribution in [1.82, 2.24) is 10.2 Å². The van der Waals surface area contributed by atoms with E-state index >= 15 is 0 Å². The molecule has 1 rings (SSSR count). The van der Waals surface area contributed by atoms with Crippen LogP contribution >= 0.6 is 12.2 Å². The molecule has 0 aliphatic rings. The van der Waals surface area contributed by atoms with Crippen molar-refractivity contribution >= 4 is 23.7 Å². The molecule has 0 atom stereocenters. The number of nitrogens with zero attached hydrogens (tertiary/aromatic N) is 2. The summed E-state index contributed by atoms with van der Waals surface area (Å²) in [5.74, 6) is -0.239. The van der Waals surface area contributed by atoms with Crippen molar-refractivity contribution in [2.24, 2.45) is 4.99 Å². The summed E-state index contributed by atoms with van der Waals surface area (Å²) in [5, 5.41) is 3.37. The van der Waals surface area contributed by atoms with Crippen molar-refractivity contribution in [3.05, 3.63) is 35.6 Å². The number of aliphatic imine (C=N–C) groups is 1. The largest absolute Gasteiger partial charge is 0.369 e. The van der Waals surface area contributed by atoms with Gasteiger partial charge in [0.25, 0.3) is 0 Å². The van der Waals surface area contributed by atoms with Crippen LogP contribution in [0.2, 0.25) is 0 Å². The van der Waals surface area contributed by atoms with Gasteiger partial charge >= 0.3 is 0 Å². The second-order valence-corrected chi connectivity index (χ2v) is 3.88. The summed E-state index contributed by atoms with van der Waals surface area (Å²) in [4.78, 5) is 5.80. The molecule has 0 saturated carbocycles.